The van der Waals surface area contributed by atoms with Gasteiger partial charge in [-0.05, 0) is 43.9 Å². The van der Waals surface area contributed by atoms with Crippen LogP contribution in [-0.2, 0) is 19.5 Å². The number of hydrogen-bond donors (Lipinski definition) is 1. The van der Waals surface area contributed by atoms with Gasteiger partial charge in [-0.1, -0.05) is 0 Å². The van der Waals surface area contributed by atoms with Crippen LogP contribution in [0.1, 0.15) is 42.6 Å². The molecule has 24 heavy (non-hydrogen) atoms. The van der Waals surface area contributed by atoms with Gasteiger partial charge in [0.1, 0.15) is 0 Å². The molecule has 1 N–H and O–H groups in total. The van der Waals surface area contributed by atoms with Crippen LogP contribution in [0.2, 0.25) is 0 Å². The van der Waals surface area contributed by atoms with E-state index in [-0.39, 0.29) is 6.79 Å². The molecular formula is C18H23N3O3. The van der Waals surface area contributed by atoms with Crippen LogP contribution in [0.25, 0.3) is 0 Å². The number of nitrogens with zero attached hydrogens (tertiary/aromatic N) is 2. The highest BCUT2D eigenvalue weighted by molar-refractivity contribution is 5.55. The summed E-state index contributed by atoms with van der Waals surface area (Å²) in [5.41, 5.74) is 3.85. The van der Waals surface area contributed by atoms with Crippen molar-refractivity contribution >= 4 is 0 Å². The van der Waals surface area contributed by atoms with E-state index in [9.17, 15) is 0 Å². The molecule has 1 aliphatic carbocycles. The molecule has 1 aliphatic heterocycles. The average molecular weight is 329 g/mol. The SMILES string of the molecule is CCn1ncc2c1CCC[C@@H]2NCc1cc(OC)c2c(c1)OCO2. The van der Waals surface area contributed by atoms with Crippen molar-refractivity contribution in [3.8, 4) is 17.2 Å². The van der Waals surface area contributed by atoms with Gasteiger partial charge in [0.05, 0.1) is 13.3 Å². The average Bonchev–Trinajstić information content (AvgIpc) is 3.25. The summed E-state index contributed by atoms with van der Waals surface area (Å²) in [6, 6.07) is 4.39. The van der Waals surface area contributed by atoms with Crippen molar-refractivity contribution in [2.45, 2.75) is 45.3 Å². The van der Waals surface area contributed by atoms with Crippen LogP contribution in [0, 0.1) is 0 Å². The zero-order valence-electron chi connectivity index (χ0n) is 14.2. The van der Waals surface area contributed by atoms with E-state index in [0.717, 1.165) is 43.0 Å². The van der Waals surface area contributed by atoms with Crippen molar-refractivity contribution in [3.63, 3.8) is 0 Å². The molecule has 0 unspecified atom stereocenters. The molecule has 128 valence electrons. The third-order valence-corrected chi connectivity index (χ3v) is 4.83. The lowest BCUT2D eigenvalue weighted by molar-refractivity contribution is 0.171. The van der Waals surface area contributed by atoms with Gasteiger partial charge in [-0.2, -0.15) is 5.10 Å². The summed E-state index contributed by atoms with van der Waals surface area (Å²) >= 11 is 0. The molecule has 6 heteroatoms. The van der Waals surface area contributed by atoms with Crippen molar-refractivity contribution in [3.05, 3.63) is 35.2 Å². The van der Waals surface area contributed by atoms with Crippen LogP contribution in [0.15, 0.2) is 18.3 Å². The molecule has 0 saturated heterocycles. The van der Waals surface area contributed by atoms with E-state index in [1.54, 1.807) is 7.11 Å². The predicted octanol–water partition coefficient (Wildman–Crippen LogP) is 2.81. The summed E-state index contributed by atoms with van der Waals surface area (Å²) in [6.07, 6.45) is 5.49. The number of aromatic nitrogens is 2. The van der Waals surface area contributed by atoms with Gasteiger partial charge in [-0.3, -0.25) is 4.68 Å². The maximum absolute atomic E-state index is 5.50. The summed E-state index contributed by atoms with van der Waals surface area (Å²) < 4.78 is 18.5. The molecule has 0 saturated carbocycles. The van der Waals surface area contributed by atoms with Crippen molar-refractivity contribution < 1.29 is 14.2 Å². The highest BCUT2D eigenvalue weighted by Gasteiger charge is 2.24. The van der Waals surface area contributed by atoms with Crippen molar-refractivity contribution in [1.82, 2.24) is 15.1 Å². The minimum Gasteiger partial charge on any atom is -0.493 e. The molecule has 0 bridgehead atoms. The highest BCUT2D eigenvalue weighted by atomic mass is 16.7. The third-order valence-electron chi connectivity index (χ3n) is 4.83. The maximum atomic E-state index is 5.50. The van der Waals surface area contributed by atoms with Crippen LogP contribution in [0.4, 0.5) is 0 Å². The van der Waals surface area contributed by atoms with E-state index in [0.29, 0.717) is 11.8 Å². The Kier molecular flexibility index (Phi) is 4.06. The van der Waals surface area contributed by atoms with Crippen LogP contribution < -0.4 is 19.5 Å². The molecule has 1 aromatic heterocycles. The minimum absolute atomic E-state index is 0.255. The lowest BCUT2D eigenvalue weighted by Crippen LogP contribution is -2.25. The van der Waals surface area contributed by atoms with E-state index in [4.69, 9.17) is 14.2 Å². The first kappa shape index (κ1) is 15.3. The number of hydrogen-bond acceptors (Lipinski definition) is 5. The number of ether oxygens (including phenoxy) is 3. The number of aryl methyl sites for hydroxylation is 1. The number of methoxy groups -OCH3 is 1. The van der Waals surface area contributed by atoms with Gasteiger partial charge >= 0.3 is 0 Å². The number of rotatable bonds is 5. The summed E-state index contributed by atoms with van der Waals surface area (Å²) in [7, 11) is 1.65. The first-order chi connectivity index (χ1) is 11.8. The normalized spacial score (nSPS) is 18.5. The molecule has 1 atom stereocenters. The Labute approximate surface area is 141 Å². The second kappa shape index (κ2) is 6.36. The summed E-state index contributed by atoms with van der Waals surface area (Å²) in [6.45, 7) is 4.09. The Morgan fingerprint density at radius 3 is 3.12 bits per heavy atom. The molecule has 0 spiro atoms. The maximum Gasteiger partial charge on any atom is 0.231 e. The topological polar surface area (TPSA) is 57.5 Å². The molecule has 0 fully saturated rings. The van der Waals surface area contributed by atoms with Gasteiger partial charge in [0.15, 0.2) is 11.5 Å². The quantitative estimate of drug-likeness (QED) is 0.914. The third kappa shape index (κ3) is 2.60. The van der Waals surface area contributed by atoms with Crippen LogP contribution in [0.5, 0.6) is 17.2 Å². The fourth-order valence-electron chi connectivity index (χ4n) is 3.63. The summed E-state index contributed by atoms with van der Waals surface area (Å²) in [5.74, 6) is 2.18. The van der Waals surface area contributed by atoms with Crippen molar-refractivity contribution in [2.75, 3.05) is 13.9 Å². The van der Waals surface area contributed by atoms with Crippen molar-refractivity contribution in [2.24, 2.45) is 0 Å². The van der Waals surface area contributed by atoms with E-state index in [2.05, 4.69) is 22.0 Å². The number of fused-ring (bicyclic) bond motifs is 2. The molecule has 6 nitrogen and oxygen atoms in total. The molecule has 2 aromatic rings. The molecular weight excluding hydrogens is 306 g/mol. The standard InChI is InChI=1S/C18H23N3O3/c1-3-21-15-6-4-5-14(13(15)10-20-21)19-9-12-7-16(22-2)18-17(8-12)23-11-24-18/h7-8,10,14,19H,3-6,9,11H2,1-2H3/t14-/m0/s1. The monoisotopic (exact) mass is 329 g/mol. The lowest BCUT2D eigenvalue weighted by Gasteiger charge is -2.24. The molecule has 1 aromatic carbocycles. The van der Waals surface area contributed by atoms with Crippen LogP contribution >= 0.6 is 0 Å². The van der Waals surface area contributed by atoms with E-state index in [1.807, 2.05) is 18.3 Å². The molecule has 0 radical (unpaired) electrons. The zero-order valence-corrected chi connectivity index (χ0v) is 14.2. The fourth-order valence-corrected chi connectivity index (χ4v) is 3.63. The van der Waals surface area contributed by atoms with E-state index < -0.39 is 0 Å². The molecule has 2 aliphatic rings. The first-order valence-electron chi connectivity index (χ1n) is 8.54. The second-order valence-corrected chi connectivity index (χ2v) is 6.22. The van der Waals surface area contributed by atoms with Gasteiger partial charge in [-0.15, -0.1) is 0 Å². The number of benzene rings is 1. The van der Waals surface area contributed by atoms with Crippen molar-refractivity contribution in [1.29, 1.82) is 0 Å². The Balaban J connectivity index is 1.51. The second-order valence-electron chi connectivity index (χ2n) is 6.22. The zero-order chi connectivity index (χ0) is 16.5. The van der Waals surface area contributed by atoms with Crippen LogP contribution in [-0.4, -0.2) is 23.7 Å². The van der Waals surface area contributed by atoms with Gasteiger partial charge < -0.3 is 19.5 Å². The van der Waals surface area contributed by atoms with E-state index in [1.165, 1.54) is 17.7 Å². The van der Waals surface area contributed by atoms with Gasteiger partial charge in [0, 0.05) is 30.4 Å². The van der Waals surface area contributed by atoms with Gasteiger partial charge in [0.25, 0.3) is 0 Å². The number of nitrogens with one attached hydrogen (secondary N) is 1. The Bertz CT molecular complexity index is 741. The molecule has 4 rings (SSSR count). The van der Waals surface area contributed by atoms with E-state index >= 15 is 0 Å². The molecule has 0 amide bonds. The predicted molar refractivity (Wildman–Crippen MR) is 89.5 cm³/mol. The first-order valence-corrected chi connectivity index (χ1v) is 8.54. The lowest BCUT2D eigenvalue weighted by atomic mass is 9.92. The Hall–Kier alpha value is -2.21. The molecule has 2 heterocycles. The summed E-state index contributed by atoms with van der Waals surface area (Å²) in [4.78, 5) is 0. The van der Waals surface area contributed by atoms with Crippen LogP contribution in [0.3, 0.4) is 0 Å². The van der Waals surface area contributed by atoms with Gasteiger partial charge in [0.2, 0.25) is 12.5 Å². The Morgan fingerprint density at radius 2 is 2.29 bits per heavy atom. The Morgan fingerprint density at radius 1 is 1.38 bits per heavy atom. The summed E-state index contributed by atoms with van der Waals surface area (Å²) in [5, 5.41) is 8.19. The van der Waals surface area contributed by atoms with Gasteiger partial charge in [-0.25, -0.2) is 0 Å². The largest absolute Gasteiger partial charge is 0.493 e. The highest BCUT2D eigenvalue weighted by Crippen LogP contribution is 2.42. The minimum atomic E-state index is 0.255. The fraction of sp³-hybridized carbons (Fsp3) is 0.500. The smallest absolute Gasteiger partial charge is 0.231 e.